The van der Waals surface area contributed by atoms with Crippen LogP contribution in [0.15, 0.2) is 48.5 Å². The van der Waals surface area contributed by atoms with Gasteiger partial charge in [0.25, 0.3) is 0 Å². The van der Waals surface area contributed by atoms with Crippen LogP contribution in [0.2, 0.25) is 0 Å². The van der Waals surface area contributed by atoms with Crippen LogP contribution in [-0.4, -0.2) is 57.1 Å². The van der Waals surface area contributed by atoms with E-state index in [0.717, 1.165) is 17.4 Å². The second kappa shape index (κ2) is 13.9. The quantitative estimate of drug-likeness (QED) is 0.410. The number of carbonyl (C=O) groups excluding carboxylic acids is 2. The van der Waals surface area contributed by atoms with Crippen LogP contribution in [0.5, 0.6) is 5.75 Å². The second-order valence-electron chi connectivity index (χ2n) is 8.69. The largest absolute Gasteiger partial charge is 0.494 e. The normalized spacial score (nSPS) is 12.0. The van der Waals surface area contributed by atoms with E-state index in [-0.39, 0.29) is 24.8 Å². The number of aryl methyl sites for hydroxylation is 1. The summed E-state index contributed by atoms with van der Waals surface area (Å²) in [7, 11) is -3.55. The number of benzene rings is 2. The lowest BCUT2D eigenvalue weighted by Gasteiger charge is -2.31. The van der Waals surface area contributed by atoms with E-state index in [1.54, 1.807) is 29.2 Å². The van der Waals surface area contributed by atoms with Gasteiger partial charge in [-0.15, -0.1) is 0 Å². The molecule has 9 heteroatoms. The fourth-order valence-electron chi connectivity index (χ4n) is 4.10. The molecule has 2 rings (SSSR count). The van der Waals surface area contributed by atoms with Gasteiger partial charge in [-0.1, -0.05) is 36.8 Å². The molecule has 1 atom stereocenters. The number of ether oxygens (including phenoxy) is 1. The topological polar surface area (TPSA) is 96.0 Å². The van der Waals surface area contributed by atoms with Gasteiger partial charge in [-0.05, 0) is 63.4 Å². The minimum atomic E-state index is -3.55. The smallest absolute Gasteiger partial charge is 0.242 e. The van der Waals surface area contributed by atoms with E-state index in [4.69, 9.17) is 4.74 Å². The molecule has 0 radical (unpaired) electrons. The maximum atomic E-state index is 13.4. The Labute approximate surface area is 215 Å². The second-order valence-corrected chi connectivity index (χ2v) is 10.6. The molecular formula is C27H39N3O5S. The molecule has 2 aromatic rings. The van der Waals surface area contributed by atoms with Gasteiger partial charge in [-0.3, -0.25) is 13.9 Å². The average molecular weight is 518 g/mol. The van der Waals surface area contributed by atoms with E-state index >= 15 is 0 Å². The third-order valence-corrected chi connectivity index (χ3v) is 6.95. The molecule has 0 aromatic heterocycles. The SMILES string of the molecule is CCNC(=O)C(CC)N(Cc1cccc(C)c1)C(=O)CCCN(c1ccc(OCC)cc1)S(C)(=O)=O. The Hall–Kier alpha value is -3.07. The number of sulfonamides is 1. The summed E-state index contributed by atoms with van der Waals surface area (Å²) in [5.41, 5.74) is 2.53. The number of nitrogens with one attached hydrogen (secondary N) is 1. The number of rotatable bonds is 14. The summed E-state index contributed by atoms with van der Waals surface area (Å²) < 4.78 is 31.7. The van der Waals surface area contributed by atoms with Crippen molar-refractivity contribution in [3.8, 4) is 5.75 Å². The Morgan fingerprint density at radius 3 is 2.31 bits per heavy atom. The molecule has 1 N–H and O–H groups in total. The van der Waals surface area contributed by atoms with Crippen molar-refractivity contribution in [3.63, 3.8) is 0 Å². The molecule has 0 saturated carbocycles. The lowest BCUT2D eigenvalue weighted by molar-refractivity contribution is -0.141. The fraction of sp³-hybridized carbons (Fsp3) is 0.481. The van der Waals surface area contributed by atoms with E-state index in [9.17, 15) is 18.0 Å². The minimum Gasteiger partial charge on any atom is -0.494 e. The number of hydrogen-bond acceptors (Lipinski definition) is 5. The summed E-state index contributed by atoms with van der Waals surface area (Å²) in [6, 6.07) is 14.1. The highest BCUT2D eigenvalue weighted by molar-refractivity contribution is 7.92. The van der Waals surface area contributed by atoms with Crippen LogP contribution in [0.3, 0.4) is 0 Å². The molecule has 0 bridgehead atoms. The molecule has 0 saturated heterocycles. The molecule has 0 aliphatic carbocycles. The lowest BCUT2D eigenvalue weighted by Crippen LogP contribution is -2.49. The third-order valence-electron chi connectivity index (χ3n) is 5.76. The van der Waals surface area contributed by atoms with Crippen molar-refractivity contribution in [1.82, 2.24) is 10.2 Å². The summed E-state index contributed by atoms with van der Waals surface area (Å²) in [6.07, 6.45) is 2.06. The third kappa shape index (κ3) is 8.55. The van der Waals surface area contributed by atoms with Gasteiger partial charge in [0.05, 0.1) is 18.6 Å². The summed E-state index contributed by atoms with van der Waals surface area (Å²) in [4.78, 5) is 27.7. The van der Waals surface area contributed by atoms with Gasteiger partial charge in [0, 0.05) is 26.1 Å². The van der Waals surface area contributed by atoms with E-state index < -0.39 is 16.1 Å². The molecule has 36 heavy (non-hydrogen) atoms. The molecule has 8 nitrogen and oxygen atoms in total. The Bertz CT molecular complexity index is 1100. The van der Waals surface area contributed by atoms with Crippen LogP contribution >= 0.6 is 0 Å². The van der Waals surface area contributed by atoms with Crippen LogP contribution in [0, 0.1) is 6.92 Å². The summed E-state index contributed by atoms with van der Waals surface area (Å²) in [6.45, 7) is 9.05. The molecule has 0 fully saturated rings. The van der Waals surface area contributed by atoms with Crippen LogP contribution in [0.4, 0.5) is 5.69 Å². The van der Waals surface area contributed by atoms with Gasteiger partial charge >= 0.3 is 0 Å². The first kappa shape index (κ1) is 29.2. The molecule has 2 amide bonds. The van der Waals surface area contributed by atoms with Crippen LogP contribution < -0.4 is 14.4 Å². The first-order chi connectivity index (χ1) is 17.1. The Morgan fingerprint density at radius 1 is 1.06 bits per heavy atom. The van der Waals surface area contributed by atoms with Crippen molar-refractivity contribution >= 4 is 27.5 Å². The lowest BCUT2D eigenvalue weighted by atomic mass is 10.1. The van der Waals surface area contributed by atoms with Crippen molar-refractivity contribution in [1.29, 1.82) is 0 Å². The fourth-order valence-corrected chi connectivity index (χ4v) is 5.06. The van der Waals surface area contributed by atoms with E-state index in [2.05, 4.69) is 5.32 Å². The van der Waals surface area contributed by atoms with Crippen molar-refractivity contribution in [2.45, 2.75) is 59.5 Å². The van der Waals surface area contributed by atoms with Crippen LogP contribution in [-0.2, 0) is 26.2 Å². The molecule has 0 aliphatic heterocycles. The van der Waals surface area contributed by atoms with E-state index in [1.807, 2.05) is 52.0 Å². The van der Waals surface area contributed by atoms with Gasteiger partial charge in [-0.2, -0.15) is 0 Å². The molecular weight excluding hydrogens is 478 g/mol. The highest BCUT2D eigenvalue weighted by atomic mass is 32.2. The monoisotopic (exact) mass is 517 g/mol. The van der Waals surface area contributed by atoms with Crippen LogP contribution in [0.1, 0.15) is 51.2 Å². The Morgan fingerprint density at radius 2 is 1.75 bits per heavy atom. The summed E-state index contributed by atoms with van der Waals surface area (Å²) in [5.74, 6) is 0.288. The first-order valence-electron chi connectivity index (χ1n) is 12.4. The maximum absolute atomic E-state index is 13.4. The summed E-state index contributed by atoms with van der Waals surface area (Å²) >= 11 is 0. The highest BCUT2D eigenvalue weighted by Crippen LogP contribution is 2.23. The van der Waals surface area contributed by atoms with Crippen molar-refractivity contribution in [2.75, 3.05) is 30.3 Å². The predicted molar refractivity (Wildman–Crippen MR) is 144 cm³/mol. The van der Waals surface area contributed by atoms with E-state index in [1.165, 1.54) is 4.31 Å². The van der Waals surface area contributed by atoms with Gasteiger partial charge in [0.1, 0.15) is 11.8 Å². The molecule has 0 heterocycles. The van der Waals surface area contributed by atoms with Crippen molar-refractivity contribution in [3.05, 3.63) is 59.7 Å². The predicted octanol–water partition coefficient (Wildman–Crippen LogP) is 3.88. The standard InChI is InChI=1S/C27H39N3O5S/c1-6-25(27(32)28-7-2)29(20-22-12-9-11-21(4)19-22)26(31)13-10-18-30(36(5,33)34)23-14-16-24(17-15-23)35-8-3/h9,11-12,14-17,19,25H,6-8,10,13,18,20H2,1-5H3,(H,28,32). The van der Waals surface area contributed by atoms with Crippen molar-refractivity contribution < 1.29 is 22.7 Å². The number of nitrogens with zero attached hydrogens (tertiary/aromatic N) is 2. The van der Waals surface area contributed by atoms with E-state index in [0.29, 0.717) is 44.0 Å². The van der Waals surface area contributed by atoms with Gasteiger partial charge in [0.2, 0.25) is 21.8 Å². The number of likely N-dealkylation sites (N-methyl/N-ethyl adjacent to an activating group) is 1. The zero-order chi connectivity index (χ0) is 26.7. The Balaban J connectivity index is 2.18. The molecule has 0 aliphatic rings. The number of anilines is 1. The number of carbonyl (C=O) groups is 2. The zero-order valence-electron chi connectivity index (χ0n) is 22.0. The first-order valence-corrected chi connectivity index (χ1v) is 14.3. The molecule has 198 valence electrons. The summed E-state index contributed by atoms with van der Waals surface area (Å²) in [5, 5.41) is 2.83. The number of amides is 2. The Kier molecular flexibility index (Phi) is 11.2. The van der Waals surface area contributed by atoms with Gasteiger partial charge in [0.15, 0.2) is 0 Å². The minimum absolute atomic E-state index is 0.116. The zero-order valence-corrected chi connectivity index (χ0v) is 22.8. The van der Waals surface area contributed by atoms with Crippen molar-refractivity contribution in [2.24, 2.45) is 0 Å². The molecule has 0 spiro atoms. The average Bonchev–Trinajstić information content (AvgIpc) is 2.82. The van der Waals surface area contributed by atoms with Gasteiger partial charge < -0.3 is 15.0 Å². The van der Waals surface area contributed by atoms with Gasteiger partial charge in [-0.25, -0.2) is 8.42 Å². The molecule has 1 unspecified atom stereocenters. The maximum Gasteiger partial charge on any atom is 0.242 e. The number of hydrogen-bond donors (Lipinski definition) is 1. The molecule has 2 aromatic carbocycles. The van der Waals surface area contributed by atoms with Crippen LogP contribution in [0.25, 0.3) is 0 Å². The highest BCUT2D eigenvalue weighted by Gasteiger charge is 2.28.